The van der Waals surface area contributed by atoms with Gasteiger partial charge in [-0.25, -0.2) is 0 Å². The van der Waals surface area contributed by atoms with Gasteiger partial charge in [0.05, 0.1) is 6.61 Å². The van der Waals surface area contributed by atoms with Crippen molar-refractivity contribution >= 4 is 11.3 Å². The van der Waals surface area contributed by atoms with Crippen LogP contribution in [0.1, 0.15) is 36.9 Å². The molecular formula is C15H28N2OS. The lowest BCUT2D eigenvalue weighted by Crippen LogP contribution is -2.26. The summed E-state index contributed by atoms with van der Waals surface area (Å²) in [6.07, 6.45) is 1.19. The lowest BCUT2D eigenvalue weighted by atomic mass is 10.3. The second-order valence-corrected chi connectivity index (χ2v) is 5.86. The highest BCUT2D eigenvalue weighted by molar-refractivity contribution is 7.11. The van der Waals surface area contributed by atoms with Gasteiger partial charge in [0.25, 0.3) is 0 Å². The summed E-state index contributed by atoms with van der Waals surface area (Å²) in [6, 6.07) is 4.51. The maximum absolute atomic E-state index is 5.43. The van der Waals surface area contributed by atoms with Crippen molar-refractivity contribution < 1.29 is 4.74 Å². The molecule has 4 heteroatoms. The molecule has 0 fully saturated rings. The van der Waals surface area contributed by atoms with Gasteiger partial charge in [0.2, 0.25) is 0 Å². The minimum atomic E-state index is 0.809. The summed E-state index contributed by atoms with van der Waals surface area (Å²) in [7, 11) is 0. The molecule has 19 heavy (non-hydrogen) atoms. The van der Waals surface area contributed by atoms with E-state index in [1.165, 1.54) is 16.2 Å². The van der Waals surface area contributed by atoms with Crippen LogP contribution < -0.4 is 5.32 Å². The maximum atomic E-state index is 5.43. The average Bonchev–Trinajstić information content (AvgIpc) is 2.86. The van der Waals surface area contributed by atoms with E-state index in [1.54, 1.807) is 0 Å². The Balaban J connectivity index is 2.33. The van der Waals surface area contributed by atoms with Crippen molar-refractivity contribution in [3.05, 3.63) is 21.9 Å². The lowest BCUT2D eigenvalue weighted by molar-refractivity contribution is 0.113. The standard InChI is InChI=1S/C15H28N2OS/c1-4-9-16-12-14-7-8-15(19-14)13-17(5-2)10-11-18-6-3/h7-8,16H,4-6,9-13H2,1-3H3. The number of thiophene rings is 1. The molecule has 1 aromatic heterocycles. The molecule has 0 unspecified atom stereocenters. The Hall–Kier alpha value is -0.420. The van der Waals surface area contributed by atoms with Crippen molar-refractivity contribution in [2.45, 2.75) is 40.3 Å². The van der Waals surface area contributed by atoms with Crippen molar-refractivity contribution in [3.8, 4) is 0 Å². The van der Waals surface area contributed by atoms with Gasteiger partial charge in [0.15, 0.2) is 0 Å². The number of nitrogens with one attached hydrogen (secondary N) is 1. The van der Waals surface area contributed by atoms with Crippen molar-refractivity contribution in [3.63, 3.8) is 0 Å². The smallest absolute Gasteiger partial charge is 0.0593 e. The normalized spacial score (nSPS) is 11.4. The summed E-state index contributed by atoms with van der Waals surface area (Å²) in [6.45, 7) is 13.3. The third-order valence-electron chi connectivity index (χ3n) is 3.03. The molecule has 0 bridgehead atoms. The predicted molar refractivity (Wildman–Crippen MR) is 83.8 cm³/mol. The zero-order valence-corrected chi connectivity index (χ0v) is 13.4. The Morgan fingerprint density at radius 3 is 2.68 bits per heavy atom. The van der Waals surface area contributed by atoms with Gasteiger partial charge in [-0.3, -0.25) is 4.90 Å². The minimum absolute atomic E-state index is 0.809. The fourth-order valence-electron chi connectivity index (χ4n) is 1.90. The SMILES string of the molecule is CCCNCc1ccc(CN(CC)CCOCC)s1. The quantitative estimate of drug-likeness (QED) is 0.632. The van der Waals surface area contributed by atoms with Crippen molar-refractivity contribution in [1.29, 1.82) is 0 Å². The Morgan fingerprint density at radius 1 is 1.21 bits per heavy atom. The summed E-state index contributed by atoms with van der Waals surface area (Å²) in [4.78, 5) is 5.32. The van der Waals surface area contributed by atoms with Crippen LogP contribution >= 0.6 is 11.3 Å². The second-order valence-electron chi connectivity index (χ2n) is 4.61. The van der Waals surface area contributed by atoms with E-state index in [4.69, 9.17) is 4.74 Å². The summed E-state index contributed by atoms with van der Waals surface area (Å²) in [5.41, 5.74) is 0. The predicted octanol–water partition coefficient (Wildman–Crippen LogP) is 3.11. The van der Waals surface area contributed by atoms with E-state index in [2.05, 4.69) is 36.2 Å². The van der Waals surface area contributed by atoms with E-state index in [1.807, 2.05) is 18.3 Å². The highest BCUT2D eigenvalue weighted by Gasteiger charge is 2.06. The topological polar surface area (TPSA) is 24.5 Å². The van der Waals surface area contributed by atoms with Crippen LogP contribution in [-0.4, -0.2) is 37.7 Å². The summed E-state index contributed by atoms with van der Waals surface area (Å²) < 4.78 is 5.43. The van der Waals surface area contributed by atoms with Gasteiger partial charge >= 0.3 is 0 Å². The first kappa shape index (κ1) is 16.6. The molecule has 1 N–H and O–H groups in total. The van der Waals surface area contributed by atoms with Crippen LogP contribution in [0.3, 0.4) is 0 Å². The van der Waals surface area contributed by atoms with Crippen molar-refractivity contribution in [1.82, 2.24) is 10.2 Å². The molecule has 0 aromatic carbocycles. The first-order chi connectivity index (χ1) is 9.30. The molecule has 0 saturated carbocycles. The number of rotatable bonds is 11. The minimum Gasteiger partial charge on any atom is -0.380 e. The molecule has 0 radical (unpaired) electrons. The molecule has 1 rings (SSSR count). The first-order valence-corrected chi connectivity index (χ1v) is 8.20. The number of hydrogen-bond donors (Lipinski definition) is 1. The monoisotopic (exact) mass is 284 g/mol. The Kier molecular flexibility index (Phi) is 9.08. The molecule has 110 valence electrons. The molecule has 0 aliphatic heterocycles. The highest BCUT2D eigenvalue weighted by atomic mass is 32.1. The molecule has 0 aliphatic rings. The lowest BCUT2D eigenvalue weighted by Gasteiger charge is -2.19. The number of hydrogen-bond acceptors (Lipinski definition) is 4. The van der Waals surface area contributed by atoms with Crippen molar-refractivity contribution in [2.24, 2.45) is 0 Å². The summed E-state index contributed by atoms with van der Waals surface area (Å²) in [5.74, 6) is 0. The molecule has 1 aromatic rings. The van der Waals surface area contributed by atoms with E-state index >= 15 is 0 Å². The number of nitrogens with zero attached hydrogens (tertiary/aromatic N) is 1. The van der Waals surface area contributed by atoms with Gasteiger partial charge in [-0.1, -0.05) is 13.8 Å². The van der Waals surface area contributed by atoms with Gasteiger partial charge in [0.1, 0.15) is 0 Å². The van der Waals surface area contributed by atoms with Gasteiger partial charge < -0.3 is 10.1 Å². The molecule has 3 nitrogen and oxygen atoms in total. The van der Waals surface area contributed by atoms with Crippen molar-refractivity contribution in [2.75, 3.05) is 32.8 Å². The molecule has 0 amide bonds. The summed E-state index contributed by atoms with van der Waals surface area (Å²) in [5, 5.41) is 3.45. The van der Waals surface area contributed by atoms with Crippen LogP contribution in [0.15, 0.2) is 12.1 Å². The van der Waals surface area contributed by atoms with Crippen LogP contribution in [-0.2, 0) is 17.8 Å². The Labute approximate surface area is 122 Å². The number of ether oxygens (including phenoxy) is 1. The van der Waals surface area contributed by atoms with Crippen LogP contribution in [0.5, 0.6) is 0 Å². The van der Waals surface area contributed by atoms with E-state index in [0.29, 0.717) is 0 Å². The number of likely N-dealkylation sites (N-methyl/N-ethyl adjacent to an activating group) is 1. The maximum Gasteiger partial charge on any atom is 0.0593 e. The van der Waals surface area contributed by atoms with Gasteiger partial charge in [-0.2, -0.15) is 0 Å². The van der Waals surface area contributed by atoms with Crippen LogP contribution in [0, 0.1) is 0 Å². The van der Waals surface area contributed by atoms with Gasteiger partial charge in [-0.15, -0.1) is 11.3 Å². The highest BCUT2D eigenvalue weighted by Crippen LogP contribution is 2.18. The largest absolute Gasteiger partial charge is 0.380 e. The zero-order valence-electron chi connectivity index (χ0n) is 12.6. The van der Waals surface area contributed by atoms with E-state index in [0.717, 1.165) is 45.9 Å². The second kappa shape index (κ2) is 10.4. The molecule has 1 heterocycles. The van der Waals surface area contributed by atoms with Crippen LogP contribution in [0.2, 0.25) is 0 Å². The van der Waals surface area contributed by atoms with Gasteiger partial charge in [0, 0.05) is 36.0 Å². The molecule has 0 saturated heterocycles. The third kappa shape index (κ3) is 7.06. The molecule has 0 atom stereocenters. The molecule has 0 aliphatic carbocycles. The Bertz CT molecular complexity index is 328. The fourth-order valence-corrected chi connectivity index (χ4v) is 2.93. The first-order valence-electron chi connectivity index (χ1n) is 7.38. The molecule has 0 spiro atoms. The van der Waals surface area contributed by atoms with E-state index in [-0.39, 0.29) is 0 Å². The average molecular weight is 284 g/mol. The third-order valence-corrected chi connectivity index (χ3v) is 4.10. The Morgan fingerprint density at radius 2 is 2.00 bits per heavy atom. The van der Waals surface area contributed by atoms with E-state index < -0.39 is 0 Å². The van der Waals surface area contributed by atoms with Crippen LogP contribution in [0.4, 0.5) is 0 Å². The molecular weight excluding hydrogens is 256 g/mol. The fraction of sp³-hybridized carbons (Fsp3) is 0.733. The van der Waals surface area contributed by atoms with Crippen LogP contribution in [0.25, 0.3) is 0 Å². The zero-order chi connectivity index (χ0) is 13.9. The van der Waals surface area contributed by atoms with Gasteiger partial charge in [-0.05, 0) is 38.6 Å². The summed E-state index contributed by atoms with van der Waals surface area (Å²) >= 11 is 1.92. The van der Waals surface area contributed by atoms with E-state index in [9.17, 15) is 0 Å².